The molecule has 2 heterocycles. The normalized spacial score (nSPS) is 10.8. The van der Waals surface area contributed by atoms with Crippen LogP contribution in [0.5, 0.6) is 0 Å². The molecule has 1 N–H and O–H groups in total. The summed E-state index contributed by atoms with van der Waals surface area (Å²) < 4.78 is 5.50. The van der Waals surface area contributed by atoms with Gasteiger partial charge in [0.2, 0.25) is 5.28 Å². The molecule has 0 saturated heterocycles. The van der Waals surface area contributed by atoms with Crippen molar-refractivity contribution in [2.24, 2.45) is 0 Å². The predicted molar refractivity (Wildman–Crippen MR) is 81.0 cm³/mol. The molecule has 21 heavy (non-hydrogen) atoms. The van der Waals surface area contributed by atoms with Gasteiger partial charge in [0.15, 0.2) is 5.76 Å². The van der Waals surface area contributed by atoms with E-state index in [4.69, 9.17) is 27.6 Å². The molecule has 0 saturated carbocycles. The van der Waals surface area contributed by atoms with E-state index in [-0.39, 0.29) is 22.0 Å². The Morgan fingerprint density at radius 1 is 1.19 bits per heavy atom. The van der Waals surface area contributed by atoms with E-state index in [2.05, 4.69) is 15.3 Å². The number of nitrogens with zero attached hydrogens (tertiary/aromatic N) is 2. The summed E-state index contributed by atoms with van der Waals surface area (Å²) in [6, 6.07) is 8.74. The lowest BCUT2D eigenvalue weighted by atomic mass is 10.2. The summed E-state index contributed by atoms with van der Waals surface area (Å²) in [5, 5.41) is 3.52. The summed E-state index contributed by atoms with van der Waals surface area (Å²) in [5.41, 5.74) is 1.73. The third-order valence-electron chi connectivity index (χ3n) is 2.80. The van der Waals surface area contributed by atoms with Crippen molar-refractivity contribution in [3.63, 3.8) is 0 Å². The van der Waals surface area contributed by atoms with Crippen LogP contribution in [0.4, 0.5) is 5.82 Å². The zero-order valence-corrected chi connectivity index (χ0v) is 12.4. The smallest absolute Gasteiger partial charge is 0.292 e. The van der Waals surface area contributed by atoms with Gasteiger partial charge in [0.25, 0.3) is 5.91 Å². The first-order valence-electron chi connectivity index (χ1n) is 6.03. The summed E-state index contributed by atoms with van der Waals surface area (Å²) in [4.78, 5) is 19.7. The molecule has 0 aliphatic rings. The Bertz CT molecular complexity index is 825. The van der Waals surface area contributed by atoms with Crippen LogP contribution in [0.15, 0.2) is 34.7 Å². The van der Waals surface area contributed by atoms with Crippen LogP contribution in [0, 0.1) is 6.92 Å². The number of nitrogens with one attached hydrogen (secondary N) is 1. The Balaban J connectivity index is 1.89. The van der Waals surface area contributed by atoms with E-state index in [0.717, 1.165) is 10.9 Å². The molecule has 3 rings (SSSR count). The quantitative estimate of drug-likeness (QED) is 0.570. The Hall–Kier alpha value is -2.11. The molecule has 0 atom stereocenters. The highest BCUT2D eigenvalue weighted by Crippen LogP contribution is 2.22. The number of rotatable bonds is 2. The SMILES string of the molecule is Cc1ccc2oc(C(=O)Nc3cc(Cl)nc(Cl)n3)cc2c1. The molecular formula is C14H9Cl2N3O2. The van der Waals surface area contributed by atoms with Gasteiger partial charge in [0.1, 0.15) is 16.6 Å². The standard InChI is InChI=1S/C14H9Cl2N3O2/c1-7-2-3-9-8(4-7)5-10(21-9)13(20)18-12-6-11(15)17-14(16)19-12/h2-6H,1H3,(H,17,18,19,20). The van der Waals surface area contributed by atoms with Crippen molar-refractivity contribution >= 4 is 45.9 Å². The number of hydrogen-bond acceptors (Lipinski definition) is 4. The highest BCUT2D eigenvalue weighted by atomic mass is 35.5. The van der Waals surface area contributed by atoms with Crippen LogP contribution >= 0.6 is 23.2 Å². The van der Waals surface area contributed by atoms with Gasteiger partial charge in [-0.2, -0.15) is 0 Å². The summed E-state index contributed by atoms with van der Waals surface area (Å²) >= 11 is 11.4. The van der Waals surface area contributed by atoms with E-state index < -0.39 is 5.91 Å². The Kier molecular flexibility index (Phi) is 3.53. The van der Waals surface area contributed by atoms with Gasteiger partial charge in [-0.25, -0.2) is 9.97 Å². The van der Waals surface area contributed by atoms with Crippen molar-refractivity contribution in [2.75, 3.05) is 5.32 Å². The Morgan fingerprint density at radius 2 is 2.00 bits per heavy atom. The van der Waals surface area contributed by atoms with Crippen LogP contribution in [0.2, 0.25) is 10.4 Å². The van der Waals surface area contributed by atoms with Gasteiger partial charge in [-0.15, -0.1) is 0 Å². The number of hydrogen-bond donors (Lipinski definition) is 1. The molecule has 1 amide bonds. The number of carbonyl (C=O) groups is 1. The molecular weight excluding hydrogens is 313 g/mol. The summed E-state index contributed by atoms with van der Waals surface area (Å²) in [6.07, 6.45) is 0. The van der Waals surface area contributed by atoms with Crippen LogP contribution in [0.3, 0.4) is 0 Å². The zero-order chi connectivity index (χ0) is 15.0. The molecule has 3 aromatic rings. The van der Waals surface area contributed by atoms with Crippen LogP contribution < -0.4 is 5.32 Å². The van der Waals surface area contributed by atoms with Gasteiger partial charge in [-0.05, 0) is 36.7 Å². The van der Waals surface area contributed by atoms with Crippen LogP contribution in [0.1, 0.15) is 16.1 Å². The molecule has 0 aliphatic carbocycles. The molecule has 0 spiro atoms. The van der Waals surface area contributed by atoms with Gasteiger partial charge in [0, 0.05) is 11.5 Å². The largest absolute Gasteiger partial charge is 0.451 e. The number of furan rings is 1. The Morgan fingerprint density at radius 3 is 2.76 bits per heavy atom. The number of benzene rings is 1. The van der Waals surface area contributed by atoms with Gasteiger partial charge in [-0.3, -0.25) is 4.79 Å². The summed E-state index contributed by atoms with van der Waals surface area (Å²) in [6.45, 7) is 1.97. The van der Waals surface area contributed by atoms with Gasteiger partial charge >= 0.3 is 0 Å². The molecule has 2 aromatic heterocycles. The molecule has 106 valence electrons. The first-order chi connectivity index (χ1) is 10.0. The minimum atomic E-state index is -0.435. The molecule has 0 aliphatic heterocycles. The minimum Gasteiger partial charge on any atom is -0.451 e. The molecule has 0 fully saturated rings. The van der Waals surface area contributed by atoms with Crippen molar-refractivity contribution in [3.05, 3.63) is 52.1 Å². The van der Waals surface area contributed by atoms with E-state index in [9.17, 15) is 4.79 Å². The number of carbonyl (C=O) groups excluding carboxylic acids is 1. The summed E-state index contributed by atoms with van der Waals surface area (Å²) in [5.74, 6) is -0.0437. The van der Waals surface area contributed by atoms with E-state index in [0.29, 0.717) is 5.58 Å². The maximum Gasteiger partial charge on any atom is 0.292 e. The van der Waals surface area contributed by atoms with Crippen LogP contribution in [0.25, 0.3) is 11.0 Å². The van der Waals surface area contributed by atoms with E-state index in [1.807, 2.05) is 25.1 Å². The monoisotopic (exact) mass is 321 g/mol. The fraction of sp³-hybridized carbons (Fsp3) is 0.0714. The highest BCUT2D eigenvalue weighted by molar-refractivity contribution is 6.32. The maximum absolute atomic E-state index is 12.1. The second-order valence-electron chi connectivity index (χ2n) is 4.45. The average molecular weight is 322 g/mol. The number of aryl methyl sites for hydroxylation is 1. The molecule has 7 heteroatoms. The molecule has 0 unspecified atom stereocenters. The van der Waals surface area contributed by atoms with E-state index >= 15 is 0 Å². The lowest BCUT2D eigenvalue weighted by Gasteiger charge is -2.02. The van der Waals surface area contributed by atoms with E-state index in [1.54, 1.807) is 6.07 Å². The predicted octanol–water partition coefficient (Wildman–Crippen LogP) is 4.09. The Labute approximate surface area is 129 Å². The molecule has 1 aromatic carbocycles. The fourth-order valence-electron chi connectivity index (χ4n) is 1.91. The van der Waals surface area contributed by atoms with Crippen molar-refractivity contribution in [3.8, 4) is 0 Å². The second kappa shape index (κ2) is 5.35. The van der Waals surface area contributed by atoms with Gasteiger partial charge in [0.05, 0.1) is 0 Å². The molecule has 0 radical (unpaired) electrons. The third-order valence-corrected chi connectivity index (χ3v) is 3.17. The topological polar surface area (TPSA) is 68.0 Å². The maximum atomic E-state index is 12.1. The third kappa shape index (κ3) is 2.99. The molecule has 5 nitrogen and oxygen atoms in total. The first-order valence-corrected chi connectivity index (χ1v) is 6.78. The number of halogens is 2. The van der Waals surface area contributed by atoms with Crippen LogP contribution in [-0.2, 0) is 0 Å². The lowest BCUT2D eigenvalue weighted by Crippen LogP contribution is -2.12. The molecule has 0 bridgehead atoms. The summed E-state index contributed by atoms with van der Waals surface area (Å²) in [7, 11) is 0. The number of amides is 1. The zero-order valence-electron chi connectivity index (χ0n) is 10.9. The first kappa shape index (κ1) is 13.9. The van der Waals surface area contributed by atoms with Crippen molar-refractivity contribution in [2.45, 2.75) is 6.92 Å². The lowest BCUT2D eigenvalue weighted by molar-refractivity contribution is 0.0998. The van der Waals surface area contributed by atoms with Crippen molar-refractivity contribution in [1.29, 1.82) is 0 Å². The second-order valence-corrected chi connectivity index (χ2v) is 5.18. The van der Waals surface area contributed by atoms with E-state index in [1.165, 1.54) is 6.07 Å². The van der Waals surface area contributed by atoms with Crippen LogP contribution in [-0.4, -0.2) is 15.9 Å². The van der Waals surface area contributed by atoms with Gasteiger partial charge < -0.3 is 9.73 Å². The average Bonchev–Trinajstić information content (AvgIpc) is 2.80. The number of fused-ring (bicyclic) bond motifs is 1. The minimum absolute atomic E-state index is 0.0435. The number of aromatic nitrogens is 2. The van der Waals surface area contributed by atoms with Crippen molar-refractivity contribution < 1.29 is 9.21 Å². The van der Waals surface area contributed by atoms with Gasteiger partial charge in [-0.1, -0.05) is 23.2 Å². The van der Waals surface area contributed by atoms with Crippen molar-refractivity contribution in [1.82, 2.24) is 9.97 Å². The highest BCUT2D eigenvalue weighted by Gasteiger charge is 2.14. The fourth-order valence-corrected chi connectivity index (χ4v) is 2.32. The number of anilines is 1.